The summed E-state index contributed by atoms with van der Waals surface area (Å²) < 4.78 is 0.611. The van der Waals surface area contributed by atoms with Crippen molar-refractivity contribution in [1.29, 1.82) is 0 Å². The van der Waals surface area contributed by atoms with Gasteiger partial charge in [-0.25, -0.2) is 0 Å². The minimum atomic E-state index is -0.0713. The van der Waals surface area contributed by atoms with Crippen molar-refractivity contribution in [2.45, 2.75) is 19.9 Å². The lowest BCUT2D eigenvalue weighted by Crippen LogP contribution is -2.31. The normalized spacial score (nSPS) is 18.1. The molecule has 1 saturated heterocycles. The molecule has 25 heavy (non-hydrogen) atoms. The molecule has 0 aromatic heterocycles. The van der Waals surface area contributed by atoms with E-state index in [0.717, 1.165) is 16.7 Å². The zero-order valence-corrected chi connectivity index (χ0v) is 15.8. The Morgan fingerprint density at radius 3 is 2.32 bits per heavy atom. The van der Waals surface area contributed by atoms with Gasteiger partial charge in [0.15, 0.2) is 0 Å². The maximum atomic E-state index is 12.8. The van der Waals surface area contributed by atoms with Crippen molar-refractivity contribution in [3.05, 3.63) is 88.3 Å². The number of hydrogen-bond donors (Lipinski definition) is 0. The number of amides is 1. The van der Waals surface area contributed by atoms with Gasteiger partial charge in [0, 0.05) is 0 Å². The molecule has 0 spiro atoms. The maximum Gasteiger partial charge on any atom is 0.266 e. The molecule has 1 unspecified atom stereocenters. The standard InChI is InChI=1S/C21H19NOS2/c1-15(13-17-9-5-3-6-10-17)14-19-20(23)22(21(24)25-19)16(2)18-11-7-4-8-12-18/h3-14,16H,1-2H3/b15-13-,19-14-. The highest BCUT2D eigenvalue weighted by Gasteiger charge is 2.35. The van der Waals surface area contributed by atoms with E-state index in [1.807, 2.05) is 80.6 Å². The summed E-state index contributed by atoms with van der Waals surface area (Å²) in [5, 5.41) is 0. The molecule has 1 amide bonds. The highest BCUT2D eigenvalue weighted by molar-refractivity contribution is 8.26. The van der Waals surface area contributed by atoms with Crippen LogP contribution in [0.15, 0.2) is 77.2 Å². The lowest BCUT2D eigenvalue weighted by Gasteiger charge is -2.23. The van der Waals surface area contributed by atoms with Crippen LogP contribution in [0, 0.1) is 0 Å². The van der Waals surface area contributed by atoms with Crippen molar-refractivity contribution in [3.8, 4) is 0 Å². The molecule has 1 aliphatic heterocycles. The van der Waals surface area contributed by atoms with Crippen molar-refractivity contribution in [2.75, 3.05) is 0 Å². The predicted molar refractivity (Wildman–Crippen MR) is 110 cm³/mol. The summed E-state index contributed by atoms with van der Waals surface area (Å²) in [4.78, 5) is 15.2. The Labute approximate surface area is 158 Å². The molecule has 3 rings (SSSR count). The largest absolute Gasteiger partial charge is 0.286 e. The van der Waals surface area contributed by atoms with E-state index in [0.29, 0.717) is 9.23 Å². The molecule has 2 nitrogen and oxygen atoms in total. The number of benzene rings is 2. The smallest absolute Gasteiger partial charge is 0.266 e. The van der Waals surface area contributed by atoms with Crippen LogP contribution in [-0.2, 0) is 4.79 Å². The van der Waals surface area contributed by atoms with Gasteiger partial charge in [-0.1, -0.05) is 90.7 Å². The third kappa shape index (κ3) is 4.09. The summed E-state index contributed by atoms with van der Waals surface area (Å²) in [6.07, 6.45) is 3.98. The van der Waals surface area contributed by atoms with Gasteiger partial charge >= 0.3 is 0 Å². The van der Waals surface area contributed by atoms with E-state index in [9.17, 15) is 4.79 Å². The Morgan fingerprint density at radius 1 is 1.08 bits per heavy atom. The van der Waals surface area contributed by atoms with E-state index >= 15 is 0 Å². The monoisotopic (exact) mass is 365 g/mol. The fourth-order valence-electron chi connectivity index (χ4n) is 2.75. The molecule has 1 fully saturated rings. The number of thioether (sulfide) groups is 1. The van der Waals surface area contributed by atoms with Crippen LogP contribution < -0.4 is 0 Å². The number of thiocarbonyl (C=S) groups is 1. The van der Waals surface area contributed by atoms with E-state index in [-0.39, 0.29) is 11.9 Å². The van der Waals surface area contributed by atoms with Crippen molar-refractivity contribution in [2.24, 2.45) is 0 Å². The zero-order chi connectivity index (χ0) is 17.8. The first-order valence-electron chi connectivity index (χ1n) is 8.11. The SMILES string of the molecule is CC(=C/c1ccccc1)/C=C1\SC(=S)N(C(C)c2ccccc2)C1=O. The van der Waals surface area contributed by atoms with Gasteiger partial charge < -0.3 is 0 Å². The fourth-order valence-corrected chi connectivity index (χ4v) is 4.22. The minimum absolute atomic E-state index is 0.0211. The van der Waals surface area contributed by atoms with Crippen LogP contribution >= 0.6 is 24.0 Å². The second kappa shape index (κ2) is 7.81. The first-order valence-corrected chi connectivity index (χ1v) is 9.34. The third-order valence-corrected chi connectivity index (χ3v) is 5.38. The maximum absolute atomic E-state index is 12.8. The van der Waals surface area contributed by atoms with Crippen molar-refractivity contribution in [1.82, 2.24) is 4.90 Å². The van der Waals surface area contributed by atoms with E-state index in [1.165, 1.54) is 11.8 Å². The average Bonchev–Trinajstić information content (AvgIpc) is 2.89. The Balaban J connectivity index is 1.82. The molecule has 1 atom stereocenters. The second-order valence-electron chi connectivity index (χ2n) is 5.94. The summed E-state index contributed by atoms with van der Waals surface area (Å²) >= 11 is 6.83. The highest BCUT2D eigenvalue weighted by atomic mass is 32.2. The Hall–Kier alpha value is -2.17. The summed E-state index contributed by atoms with van der Waals surface area (Å²) in [6, 6.07) is 20.0. The van der Waals surface area contributed by atoms with Gasteiger partial charge in [-0.2, -0.15) is 0 Å². The lowest BCUT2D eigenvalue weighted by atomic mass is 10.1. The molecule has 126 valence electrons. The number of nitrogens with zero attached hydrogens (tertiary/aromatic N) is 1. The molecule has 4 heteroatoms. The van der Waals surface area contributed by atoms with Gasteiger partial charge in [-0.15, -0.1) is 0 Å². The number of carbonyl (C=O) groups excluding carboxylic acids is 1. The summed E-state index contributed by atoms with van der Waals surface area (Å²) in [5.74, 6) is -0.0211. The number of carbonyl (C=O) groups is 1. The molecule has 0 saturated carbocycles. The molecule has 1 heterocycles. The fraction of sp³-hybridized carbons (Fsp3) is 0.143. The number of allylic oxidation sites excluding steroid dienone is 2. The van der Waals surface area contributed by atoms with Crippen LogP contribution in [0.25, 0.3) is 6.08 Å². The van der Waals surface area contributed by atoms with E-state index in [2.05, 4.69) is 6.08 Å². The van der Waals surface area contributed by atoms with Crippen LogP contribution in [0.2, 0.25) is 0 Å². The topological polar surface area (TPSA) is 20.3 Å². The Morgan fingerprint density at radius 2 is 1.68 bits per heavy atom. The molecule has 0 aliphatic carbocycles. The molecule has 2 aromatic rings. The van der Waals surface area contributed by atoms with Crippen LogP contribution in [-0.4, -0.2) is 15.1 Å². The lowest BCUT2D eigenvalue weighted by molar-refractivity contribution is -0.123. The molecular weight excluding hydrogens is 346 g/mol. The number of hydrogen-bond acceptors (Lipinski definition) is 3. The first kappa shape index (κ1) is 17.6. The van der Waals surface area contributed by atoms with Gasteiger partial charge in [0.05, 0.1) is 10.9 Å². The molecule has 0 bridgehead atoms. The summed E-state index contributed by atoms with van der Waals surface area (Å²) in [5.41, 5.74) is 3.22. The van der Waals surface area contributed by atoms with Gasteiger partial charge in [0.25, 0.3) is 5.91 Å². The number of rotatable bonds is 4. The average molecular weight is 366 g/mol. The van der Waals surface area contributed by atoms with Crippen LogP contribution in [0.1, 0.15) is 31.0 Å². The van der Waals surface area contributed by atoms with Crippen molar-refractivity contribution >= 4 is 40.3 Å². The second-order valence-corrected chi connectivity index (χ2v) is 7.61. The first-order chi connectivity index (χ1) is 12.1. The van der Waals surface area contributed by atoms with Gasteiger partial charge in [0.1, 0.15) is 4.32 Å². The van der Waals surface area contributed by atoms with Crippen molar-refractivity contribution < 1.29 is 4.79 Å². The quantitative estimate of drug-likeness (QED) is 0.520. The summed E-state index contributed by atoms with van der Waals surface area (Å²) in [6.45, 7) is 4.01. The van der Waals surface area contributed by atoms with E-state index in [1.54, 1.807) is 4.90 Å². The molecule has 2 aromatic carbocycles. The minimum Gasteiger partial charge on any atom is -0.286 e. The Bertz CT molecular complexity index is 841. The zero-order valence-electron chi connectivity index (χ0n) is 14.2. The molecule has 0 N–H and O–H groups in total. The highest BCUT2D eigenvalue weighted by Crippen LogP contribution is 2.37. The van der Waals surface area contributed by atoms with Crippen LogP contribution in [0.3, 0.4) is 0 Å². The van der Waals surface area contributed by atoms with E-state index < -0.39 is 0 Å². The van der Waals surface area contributed by atoms with E-state index in [4.69, 9.17) is 12.2 Å². The predicted octanol–water partition coefficient (Wildman–Crippen LogP) is 5.60. The molecule has 1 aliphatic rings. The Kier molecular flexibility index (Phi) is 5.51. The van der Waals surface area contributed by atoms with Gasteiger partial charge in [0.2, 0.25) is 0 Å². The van der Waals surface area contributed by atoms with Gasteiger partial charge in [-0.05, 0) is 36.6 Å². The summed E-state index contributed by atoms with van der Waals surface area (Å²) in [7, 11) is 0. The van der Waals surface area contributed by atoms with Crippen LogP contribution in [0.4, 0.5) is 0 Å². The van der Waals surface area contributed by atoms with Crippen molar-refractivity contribution in [3.63, 3.8) is 0 Å². The third-order valence-electron chi connectivity index (χ3n) is 4.05. The van der Waals surface area contributed by atoms with Crippen LogP contribution in [0.5, 0.6) is 0 Å². The van der Waals surface area contributed by atoms with Gasteiger partial charge in [-0.3, -0.25) is 9.69 Å². The molecular formula is C21H19NOS2. The molecule has 0 radical (unpaired) electrons.